The molecule has 0 bridgehead atoms. The molecule has 1 N–H and O–H groups in total. The summed E-state index contributed by atoms with van der Waals surface area (Å²) in [6.07, 6.45) is -4.76. The number of ether oxygens (including phenoxy) is 2. The highest BCUT2D eigenvalue weighted by Gasteiger charge is 2.36. The zero-order valence-electron chi connectivity index (χ0n) is 14.6. The first-order valence-corrected chi connectivity index (χ1v) is 7.77. The molecule has 3 aromatic rings. The Morgan fingerprint density at radius 1 is 0.828 bits per heavy atom. The van der Waals surface area contributed by atoms with Crippen molar-refractivity contribution in [1.82, 2.24) is 15.2 Å². The standard InChI is InChI=1S/C17H10F7N3O2/c1-6-11(20)15(28-8-3-4-9(18)10(19)5-8)25-16(12(6)21)29-14-7(2)13(26-27-14)17(22,23)24/h3-5H,1-2H3,(H,26,27). The molecule has 1 aromatic carbocycles. The lowest BCUT2D eigenvalue weighted by molar-refractivity contribution is -0.141. The maximum atomic E-state index is 14.3. The van der Waals surface area contributed by atoms with Crippen LogP contribution in [-0.4, -0.2) is 15.2 Å². The summed E-state index contributed by atoms with van der Waals surface area (Å²) in [6.45, 7) is 2.02. The Bertz CT molecular complexity index is 1080. The SMILES string of the molecule is Cc1c(Oc2nc(Oc3ccc(F)c(F)c3)c(F)c(C)c2F)n[nH]c1C(F)(F)F. The van der Waals surface area contributed by atoms with Gasteiger partial charge < -0.3 is 9.47 Å². The van der Waals surface area contributed by atoms with Crippen molar-refractivity contribution in [3.05, 3.63) is 58.3 Å². The van der Waals surface area contributed by atoms with Gasteiger partial charge in [-0.15, -0.1) is 5.10 Å². The second-order valence-corrected chi connectivity index (χ2v) is 5.78. The molecule has 3 rings (SSSR count). The molecule has 0 saturated carbocycles. The first-order valence-electron chi connectivity index (χ1n) is 7.77. The molecule has 5 nitrogen and oxygen atoms in total. The minimum absolute atomic E-state index is 0.359. The molecule has 29 heavy (non-hydrogen) atoms. The number of hydrogen-bond donors (Lipinski definition) is 1. The number of benzene rings is 1. The summed E-state index contributed by atoms with van der Waals surface area (Å²) in [5, 5.41) is 5.02. The Labute approximate surface area is 158 Å². The van der Waals surface area contributed by atoms with E-state index in [2.05, 4.69) is 10.1 Å². The van der Waals surface area contributed by atoms with Crippen molar-refractivity contribution >= 4 is 0 Å². The lowest BCUT2D eigenvalue weighted by atomic mass is 10.2. The van der Waals surface area contributed by atoms with Gasteiger partial charge in [-0.05, 0) is 26.0 Å². The van der Waals surface area contributed by atoms with Crippen LogP contribution in [0, 0.1) is 37.1 Å². The number of halogens is 7. The minimum atomic E-state index is -4.76. The van der Waals surface area contributed by atoms with Gasteiger partial charge >= 0.3 is 6.18 Å². The highest BCUT2D eigenvalue weighted by molar-refractivity contribution is 5.38. The molecule has 0 aliphatic rings. The summed E-state index contributed by atoms with van der Waals surface area (Å²) in [5.74, 6) is -7.84. The quantitative estimate of drug-likeness (QED) is 0.559. The van der Waals surface area contributed by atoms with Crippen LogP contribution in [-0.2, 0) is 6.18 Å². The van der Waals surface area contributed by atoms with Gasteiger partial charge in [0, 0.05) is 17.2 Å². The van der Waals surface area contributed by atoms with Gasteiger partial charge in [0.05, 0.1) is 0 Å². The van der Waals surface area contributed by atoms with Crippen LogP contribution >= 0.6 is 0 Å². The fourth-order valence-electron chi connectivity index (χ4n) is 2.24. The Balaban J connectivity index is 1.98. The zero-order valence-corrected chi connectivity index (χ0v) is 14.6. The van der Waals surface area contributed by atoms with Gasteiger partial charge in [0.25, 0.3) is 11.8 Å². The third-order valence-electron chi connectivity index (χ3n) is 3.78. The van der Waals surface area contributed by atoms with E-state index in [9.17, 15) is 30.7 Å². The van der Waals surface area contributed by atoms with Crippen molar-refractivity contribution in [2.24, 2.45) is 0 Å². The van der Waals surface area contributed by atoms with Crippen LogP contribution in [0.15, 0.2) is 18.2 Å². The van der Waals surface area contributed by atoms with Gasteiger partial charge in [0.2, 0.25) is 5.88 Å². The average Bonchev–Trinajstić information content (AvgIpc) is 3.01. The van der Waals surface area contributed by atoms with E-state index in [-0.39, 0.29) is 5.75 Å². The molecule has 2 aromatic heterocycles. The van der Waals surface area contributed by atoms with Crippen LogP contribution in [0.25, 0.3) is 0 Å². The van der Waals surface area contributed by atoms with Crippen LogP contribution in [0.1, 0.15) is 16.8 Å². The third-order valence-corrected chi connectivity index (χ3v) is 3.78. The van der Waals surface area contributed by atoms with Crippen LogP contribution in [0.5, 0.6) is 23.4 Å². The minimum Gasteiger partial charge on any atom is -0.436 e. The predicted molar refractivity (Wildman–Crippen MR) is 83.7 cm³/mol. The molecule has 2 heterocycles. The van der Waals surface area contributed by atoms with E-state index in [4.69, 9.17) is 9.47 Å². The maximum absolute atomic E-state index is 14.3. The van der Waals surface area contributed by atoms with E-state index < -0.39 is 63.9 Å². The van der Waals surface area contributed by atoms with Crippen molar-refractivity contribution in [1.29, 1.82) is 0 Å². The summed E-state index contributed by atoms with van der Waals surface area (Å²) >= 11 is 0. The monoisotopic (exact) mass is 421 g/mol. The molecule has 0 saturated heterocycles. The normalized spacial score (nSPS) is 11.6. The summed E-state index contributed by atoms with van der Waals surface area (Å²) in [7, 11) is 0. The number of H-pyrrole nitrogens is 1. The largest absolute Gasteiger partial charge is 0.436 e. The van der Waals surface area contributed by atoms with Gasteiger partial charge in [-0.25, -0.2) is 17.6 Å². The third kappa shape index (κ3) is 3.96. The van der Waals surface area contributed by atoms with Gasteiger partial charge in [0.15, 0.2) is 23.3 Å². The van der Waals surface area contributed by atoms with Gasteiger partial charge in [-0.1, -0.05) is 0 Å². The molecular formula is C17H10F7N3O2. The van der Waals surface area contributed by atoms with E-state index in [1.807, 2.05) is 0 Å². The lowest BCUT2D eigenvalue weighted by Crippen LogP contribution is -2.07. The van der Waals surface area contributed by atoms with Crippen LogP contribution in [0.3, 0.4) is 0 Å². The molecule has 0 amide bonds. The van der Waals surface area contributed by atoms with Crippen molar-refractivity contribution in [3.63, 3.8) is 0 Å². The fraction of sp³-hybridized carbons (Fsp3) is 0.176. The van der Waals surface area contributed by atoms with Crippen molar-refractivity contribution < 1.29 is 40.2 Å². The molecular weight excluding hydrogens is 411 g/mol. The van der Waals surface area contributed by atoms with E-state index in [1.54, 1.807) is 5.10 Å². The summed E-state index contributed by atoms with van der Waals surface area (Å²) < 4.78 is 103. The second-order valence-electron chi connectivity index (χ2n) is 5.78. The van der Waals surface area contributed by atoms with Gasteiger partial charge in [-0.2, -0.15) is 18.2 Å². The zero-order chi connectivity index (χ0) is 21.5. The van der Waals surface area contributed by atoms with Gasteiger partial charge in [-0.3, -0.25) is 5.10 Å². The number of nitrogens with zero attached hydrogens (tertiary/aromatic N) is 2. The summed E-state index contributed by atoms with van der Waals surface area (Å²) in [5.41, 5.74) is -2.33. The molecule has 0 fully saturated rings. The first-order chi connectivity index (χ1) is 13.5. The second kappa shape index (κ2) is 7.26. The Morgan fingerprint density at radius 3 is 2.00 bits per heavy atom. The van der Waals surface area contributed by atoms with E-state index >= 15 is 0 Å². The van der Waals surface area contributed by atoms with Crippen LogP contribution in [0.4, 0.5) is 30.7 Å². The number of nitrogens with one attached hydrogen (secondary N) is 1. The number of aromatic nitrogens is 3. The Hall–Kier alpha value is -3.31. The van der Waals surface area contributed by atoms with Crippen molar-refractivity contribution in [2.75, 3.05) is 0 Å². The van der Waals surface area contributed by atoms with E-state index in [1.165, 1.54) is 0 Å². The number of rotatable bonds is 4. The number of aromatic amines is 1. The predicted octanol–water partition coefficient (Wildman–Crippen LogP) is 5.58. The smallest absolute Gasteiger partial charge is 0.433 e. The molecule has 0 aliphatic carbocycles. The van der Waals surface area contributed by atoms with Gasteiger partial charge in [0.1, 0.15) is 11.4 Å². The molecule has 0 atom stereocenters. The summed E-state index contributed by atoms with van der Waals surface area (Å²) in [4.78, 5) is 3.44. The summed E-state index contributed by atoms with van der Waals surface area (Å²) in [6, 6.07) is 2.28. The number of hydrogen-bond acceptors (Lipinski definition) is 4. The average molecular weight is 421 g/mol. The number of pyridine rings is 1. The van der Waals surface area contributed by atoms with E-state index in [0.717, 1.165) is 19.9 Å². The molecule has 12 heteroatoms. The molecule has 0 spiro atoms. The van der Waals surface area contributed by atoms with Crippen LogP contribution < -0.4 is 9.47 Å². The van der Waals surface area contributed by atoms with Crippen molar-refractivity contribution in [3.8, 4) is 23.4 Å². The number of alkyl halides is 3. The topological polar surface area (TPSA) is 60.0 Å². The maximum Gasteiger partial charge on any atom is 0.433 e. The Kier molecular flexibility index (Phi) is 5.11. The highest BCUT2D eigenvalue weighted by atomic mass is 19.4. The van der Waals surface area contributed by atoms with E-state index in [0.29, 0.717) is 12.1 Å². The van der Waals surface area contributed by atoms with Crippen molar-refractivity contribution in [2.45, 2.75) is 20.0 Å². The first kappa shape index (κ1) is 20.4. The van der Waals surface area contributed by atoms with Crippen LogP contribution in [0.2, 0.25) is 0 Å². The molecule has 0 aliphatic heterocycles. The molecule has 154 valence electrons. The molecule has 0 radical (unpaired) electrons. The Morgan fingerprint density at radius 2 is 1.45 bits per heavy atom. The molecule has 0 unspecified atom stereocenters. The highest BCUT2D eigenvalue weighted by Crippen LogP contribution is 2.37. The lowest BCUT2D eigenvalue weighted by Gasteiger charge is -2.12. The fourth-order valence-corrected chi connectivity index (χ4v) is 2.24.